The number of aromatic nitrogens is 1. The molecular weight excluding hydrogens is 322 g/mol. The minimum Gasteiger partial charge on any atom is -0.481 e. The largest absolute Gasteiger partial charge is 0.481 e. The van der Waals surface area contributed by atoms with Crippen LogP contribution in [-0.2, 0) is 0 Å². The second kappa shape index (κ2) is 7.17. The van der Waals surface area contributed by atoms with Crippen molar-refractivity contribution < 1.29 is 19.4 Å². The first-order valence-corrected chi connectivity index (χ1v) is 8.67. The van der Waals surface area contributed by atoms with E-state index in [1.807, 2.05) is 19.0 Å². The summed E-state index contributed by atoms with van der Waals surface area (Å²) in [6.07, 6.45) is 1.33. The number of carbonyl (C=O) groups is 1. The Morgan fingerprint density at radius 3 is 2.48 bits per heavy atom. The number of pyridine rings is 1. The highest BCUT2D eigenvalue weighted by Crippen LogP contribution is 2.38. The van der Waals surface area contributed by atoms with Crippen LogP contribution in [0.4, 0.5) is 0 Å². The molecule has 0 unspecified atom stereocenters. The molecule has 1 amide bonds. The molecule has 1 saturated heterocycles. The van der Waals surface area contributed by atoms with Crippen molar-refractivity contribution in [1.82, 2.24) is 14.8 Å². The van der Waals surface area contributed by atoms with Gasteiger partial charge in [0.1, 0.15) is 5.56 Å². The van der Waals surface area contributed by atoms with Gasteiger partial charge in [-0.2, -0.15) is 4.98 Å². The molecule has 2 fully saturated rings. The van der Waals surface area contributed by atoms with Gasteiger partial charge in [-0.15, -0.1) is 0 Å². The number of amides is 1. The summed E-state index contributed by atoms with van der Waals surface area (Å²) < 4.78 is 10.4. The van der Waals surface area contributed by atoms with E-state index in [0.717, 1.165) is 19.4 Å². The van der Waals surface area contributed by atoms with Crippen LogP contribution in [0.2, 0.25) is 0 Å². The summed E-state index contributed by atoms with van der Waals surface area (Å²) in [6, 6.07) is 3.53. The molecule has 0 bridgehead atoms. The van der Waals surface area contributed by atoms with Gasteiger partial charge in [-0.3, -0.25) is 4.79 Å². The van der Waals surface area contributed by atoms with Gasteiger partial charge >= 0.3 is 0 Å². The Bertz CT molecular complexity index is 637. The van der Waals surface area contributed by atoms with E-state index in [2.05, 4.69) is 9.88 Å². The summed E-state index contributed by atoms with van der Waals surface area (Å²) >= 11 is 0. The summed E-state index contributed by atoms with van der Waals surface area (Å²) in [5, 5.41) is 10.4. The molecule has 2 heterocycles. The summed E-state index contributed by atoms with van der Waals surface area (Å²) in [6.45, 7) is 1.39. The Morgan fingerprint density at radius 1 is 1.20 bits per heavy atom. The van der Waals surface area contributed by atoms with Crippen LogP contribution in [0.3, 0.4) is 0 Å². The van der Waals surface area contributed by atoms with Crippen molar-refractivity contribution in [2.75, 3.05) is 41.4 Å². The van der Waals surface area contributed by atoms with Crippen LogP contribution < -0.4 is 9.47 Å². The lowest BCUT2D eigenvalue weighted by Crippen LogP contribution is -2.46. The van der Waals surface area contributed by atoms with Crippen molar-refractivity contribution in [3.8, 4) is 11.8 Å². The van der Waals surface area contributed by atoms with Gasteiger partial charge in [-0.1, -0.05) is 0 Å². The van der Waals surface area contributed by atoms with Crippen LogP contribution in [-0.4, -0.2) is 79.3 Å². The number of rotatable bonds is 4. The monoisotopic (exact) mass is 349 g/mol. The minimum absolute atomic E-state index is 0.0719. The van der Waals surface area contributed by atoms with E-state index in [1.165, 1.54) is 14.2 Å². The number of likely N-dealkylation sites (N-methyl/N-ethyl adjacent to an activating group) is 1. The number of aliphatic hydroxyl groups excluding tert-OH is 1. The molecule has 7 heteroatoms. The van der Waals surface area contributed by atoms with Crippen LogP contribution in [0, 0.1) is 11.8 Å². The number of aliphatic hydroxyl groups is 1. The third kappa shape index (κ3) is 3.43. The second-order valence-corrected chi connectivity index (χ2v) is 7.21. The van der Waals surface area contributed by atoms with Crippen molar-refractivity contribution in [3.63, 3.8) is 0 Å². The zero-order chi connectivity index (χ0) is 18.1. The number of carbonyl (C=O) groups excluding carboxylic acids is 1. The third-order valence-electron chi connectivity index (χ3n) is 5.53. The molecule has 25 heavy (non-hydrogen) atoms. The van der Waals surface area contributed by atoms with Gasteiger partial charge in [0.25, 0.3) is 5.91 Å². The zero-order valence-electron chi connectivity index (χ0n) is 15.3. The van der Waals surface area contributed by atoms with Crippen molar-refractivity contribution >= 4 is 5.91 Å². The molecule has 0 aromatic carbocycles. The maximum atomic E-state index is 13.0. The SMILES string of the molecule is COc1ccc(C(=O)N2C[C@H]3C[C@@H](N(C)C)[C@H](O)C[C@H]3C2)c(OC)n1. The lowest BCUT2D eigenvalue weighted by Gasteiger charge is -2.38. The van der Waals surface area contributed by atoms with Crippen LogP contribution in [0.25, 0.3) is 0 Å². The summed E-state index contributed by atoms with van der Waals surface area (Å²) in [5.41, 5.74) is 0.451. The average molecular weight is 349 g/mol. The Hall–Kier alpha value is -1.86. The molecule has 7 nitrogen and oxygen atoms in total. The fourth-order valence-electron chi connectivity index (χ4n) is 4.15. The third-order valence-corrected chi connectivity index (χ3v) is 5.53. The van der Waals surface area contributed by atoms with Gasteiger partial charge in [-0.25, -0.2) is 0 Å². The van der Waals surface area contributed by atoms with Crippen LogP contribution >= 0.6 is 0 Å². The van der Waals surface area contributed by atoms with Crippen molar-refractivity contribution in [2.45, 2.75) is 25.0 Å². The molecule has 0 spiro atoms. The normalized spacial score (nSPS) is 28.8. The van der Waals surface area contributed by atoms with Gasteiger partial charge in [0.15, 0.2) is 0 Å². The van der Waals surface area contributed by atoms with E-state index in [-0.39, 0.29) is 23.9 Å². The lowest BCUT2D eigenvalue weighted by molar-refractivity contribution is 0.00940. The molecule has 3 rings (SSSR count). The Kier molecular flexibility index (Phi) is 5.15. The van der Waals surface area contributed by atoms with Crippen LogP contribution in [0.15, 0.2) is 12.1 Å². The maximum Gasteiger partial charge on any atom is 0.259 e. The Morgan fingerprint density at radius 2 is 1.88 bits per heavy atom. The first-order chi connectivity index (χ1) is 11.9. The molecule has 1 N–H and O–H groups in total. The predicted molar refractivity (Wildman–Crippen MR) is 92.9 cm³/mol. The number of methoxy groups -OCH3 is 2. The molecule has 1 aliphatic heterocycles. The first-order valence-electron chi connectivity index (χ1n) is 8.67. The minimum atomic E-state index is -0.330. The van der Waals surface area contributed by atoms with Gasteiger partial charge in [0.05, 0.1) is 20.3 Å². The number of fused-ring (bicyclic) bond motifs is 1. The lowest BCUT2D eigenvalue weighted by atomic mass is 9.77. The molecule has 1 saturated carbocycles. The molecule has 1 aliphatic carbocycles. The Labute approximate surface area is 148 Å². The smallest absolute Gasteiger partial charge is 0.259 e. The maximum absolute atomic E-state index is 13.0. The molecule has 0 radical (unpaired) electrons. The van der Waals surface area contributed by atoms with E-state index in [4.69, 9.17) is 9.47 Å². The van der Waals surface area contributed by atoms with Gasteiger partial charge < -0.3 is 24.4 Å². The predicted octanol–water partition coefficient (Wildman–Crippen LogP) is 0.872. The van der Waals surface area contributed by atoms with Gasteiger partial charge in [0.2, 0.25) is 11.8 Å². The number of hydrogen-bond donors (Lipinski definition) is 1. The van der Waals surface area contributed by atoms with Crippen molar-refractivity contribution in [1.29, 1.82) is 0 Å². The molecule has 2 aliphatic rings. The van der Waals surface area contributed by atoms with E-state index in [9.17, 15) is 9.90 Å². The fourth-order valence-corrected chi connectivity index (χ4v) is 4.15. The standard InChI is InChI=1S/C18H27N3O4/c1-20(2)14-7-11-9-21(10-12(11)8-15(14)22)18(23)13-5-6-16(24-3)19-17(13)25-4/h5-6,11-12,14-15,22H,7-10H2,1-4H3/t11-,12+,14-,15-/m1/s1. The topological polar surface area (TPSA) is 75.1 Å². The highest BCUT2D eigenvalue weighted by atomic mass is 16.5. The first kappa shape index (κ1) is 17.9. The van der Waals surface area contributed by atoms with Crippen LogP contribution in [0.1, 0.15) is 23.2 Å². The average Bonchev–Trinajstić information content (AvgIpc) is 3.02. The van der Waals surface area contributed by atoms with E-state index < -0.39 is 0 Å². The summed E-state index contributed by atoms with van der Waals surface area (Å²) in [7, 11) is 7.03. The van der Waals surface area contributed by atoms with E-state index >= 15 is 0 Å². The highest BCUT2D eigenvalue weighted by molar-refractivity contribution is 5.96. The molecule has 1 aromatic rings. The molecular formula is C18H27N3O4. The zero-order valence-corrected chi connectivity index (χ0v) is 15.3. The Balaban J connectivity index is 1.75. The van der Waals surface area contributed by atoms with Crippen molar-refractivity contribution in [3.05, 3.63) is 17.7 Å². The highest BCUT2D eigenvalue weighted by Gasteiger charge is 2.44. The number of nitrogens with zero attached hydrogens (tertiary/aromatic N) is 3. The molecule has 4 atom stereocenters. The number of likely N-dealkylation sites (tertiary alicyclic amines) is 1. The van der Waals surface area contributed by atoms with Crippen LogP contribution in [0.5, 0.6) is 11.8 Å². The number of hydrogen-bond acceptors (Lipinski definition) is 6. The van der Waals surface area contributed by atoms with Gasteiger partial charge in [-0.05, 0) is 44.8 Å². The van der Waals surface area contributed by atoms with Crippen molar-refractivity contribution in [2.24, 2.45) is 11.8 Å². The molecule has 138 valence electrons. The molecule has 1 aromatic heterocycles. The quantitative estimate of drug-likeness (QED) is 0.869. The number of ether oxygens (including phenoxy) is 2. The fraction of sp³-hybridized carbons (Fsp3) is 0.667. The summed E-state index contributed by atoms with van der Waals surface area (Å²) in [4.78, 5) is 21.1. The summed E-state index contributed by atoms with van der Waals surface area (Å²) in [5.74, 6) is 1.41. The van der Waals surface area contributed by atoms with E-state index in [1.54, 1.807) is 12.1 Å². The second-order valence-electron chi connectivity index (χ2n) is 7.21. The van der Waals surface area contributed by atoms with E-state index in [0.29, 0.717) is 29.8 Å². The van der Waals surface area contributed by atoms with Gasteiger partial charge in [0, 0.05) is 25.2 Å².